The van der Waals surface area contributed by atoms with E-state index in [-0.39, 0.29) is 0 Å². The van der Waals surface area contributed by atoms with Gasteiger partial charge < -0.3 is 0 Å². The van der Waals surface area contributed by atoms with Crippen molar-refractivity contribution in [3.8, 4) is 0 Å². The van der Waals surface area contributed by atoms with Crippen LogP contribution < -0.4 is 11.8 Å². The van der Waals surface area contributed by atoms with Crippen molar-refractivity contribution in [3.05, 3.63) is 0 Å². The van der Waals surface area contributed by atoms with Crippen molar-refractivity contribution in [3.63, 3.8) is 0 Å². The van der Waals surface area contributed by atoms with Crippen LogP contribution in [0.25, 0.3) is 0 Å². The summed E-state index contributed by atoms with van der Waals surface area (Å²) < 4.78 is 36.8. The number of hydrogen-bond acceptors (Lipinski definition) is 7. The van der Waals surface area contributed by atoms with Crippen molar-refractivity contribution in [2.45, 2.75) is 0 Å². The van der Waals surface area contributed by atoms with Crippen molar-refractivity contribution >= 4 is 19.3 Å². The lowest BCUT2D eigenvalue weighted by Crippen LogP contribution is -2.20. The van der Waals surface area contributed by atoms with Crippen LogP contribution in [0.3, 0.4) is 0 Å². The fourth-order valence-corrected chi connectivity index (χ4v) is 0.722. The number of rotatable bonds is 3. The third-order valence-corrected chi connectivity index (χ3v) is 2.56. The minimum absolute atomic E-state index is 2.73. The fraction of sp³-hybridized carbons (Fsp3) is 0. The first-order valence-electron chi connectivity index (χ1n) is 1.47. The van der Waals surface area contributed by atoms with Gasteiger partial charge in [0, 0.05) is 0 Å². The smallest absolute Gasteiger partial charge is 0.208 e. The third kappa shape index (κ3) is 2.34. The maximum absolute atomic E-state index is 10.1. The molecule has 0 radical (unpaired) electrons. The molecule has 0 saturated carbocycles. The second-order valence-corrected chi connectivity index (χ2v) is 4.46. The quantitative estimate of drug-likeness (QED) is 0.365. The molecule has 0 aromatic rings. The van der Waals surface area contributed by atoms with E-state index >= 15 is 0 Å². The molecule has 0 aliphatic rings. The van der Waals surface area contributed by atoms with Gasteiger partial charge in [-0.2, -0.15) is 28.8 Å². The van der Waals surface area contributed by atoms with Gasteiger partial charge >= 0.3 is 19.3 Å². The minimum Gasteiger partial charge on any atom is -0.208 e. The molecule has 0 bridgehead atoms. The Labute approximate surface area is 53.0 Å². The van der Waals surface area contributed by atoms with Crippen LogP contribution >= 0.6 is 0 Å². The largest absolute Gasteiger partial charge is 0.393 e. The van der Waals surface area contributed by atoms with E-state index in [1.165, 1.54) is 0 Å². The van der Waals surface area contributed by atoms with Crippen LogP contribution in [0.5, 0.6) is 0 Å². The van der Waals surface area contributed by atoms with Crippen molar-refractivity contribution in [2.75, 3.05) is 0 Å². The summed E-state index contributed by atoms with van der Waals surface area (Å²) in [6, 6.07) is 0. The van der Waals surface area contributed by atoms with Crippen LogP contribution in [0, 0.1) is 0 Å². The molecule has 0 fully saturated rings. The first kappa shape index (κ1) is 8.94. The van der Waals surface area contributed by atoms with Gasteiger partial charge in [0.15, 0.2) is 0 Å². The standard InChI is InChI=1S/H4N2O5S2/c1-6-8(3)9(4,5)7-2/h1-2H2. The van der Waals surface area contributed by atoms with E-state index in [0.717, 1.165) is 0 Å². The summed E-state index contributed by atoms with van der Waals surface area (Å²) in [7, 11) is -7.08. The second-order valence-electron chi connectivity index (χ2n) is 0.805. The Morgan fingerprint density at radius 3 is 1.89 bits per heavy atom. The number of hydrogen-bond donors (Lipinski definition) is 2. The van der Waals surface area contributed by atoms with Crippen LogP contribution in [0.1, 0.15) is 0 Å². The average Bonchev–Trinajstić information content (AvgIpc) is 1.86. The van der Waals surface area contributed by atoms with Gasteiger partial charge in [-0.25, -0.2) is 4.21 Å². The lowest BCUT2D eigenvalue weighted by atomic mass is 13.6. The van der Waals surface area contributed by atoms with Gasteiger partial charge in [-0.3, -0.25) is 0 Å². The highest BCUT2D eigenvalue weighted by atomic mass is 33.2. The highest BCUT2D eigenvalue weighted by molar-refractivity contribution is 8.60. The van der Waals surface area contributed by atoms with Crippen molar-refractivity contribution < 1.29 is 21.2 Å². The molecular weight excluding hydrogens is 172 g/mol. The molecule has 7 nitrogen and oxygen atoms in total. The first-order chi connectivity index (χ1) is 4.04. The maximum Gasteiger partial charge on any atom is 0.393 e. The molecule has 1 unspecified atom stereocenters. The third-order valence-electron chi connectivity index (χ3n) is 0.363. The van der Waals surface area contributed by atoms with E-state index in [9.17, 15) is 12.6 Å². The summed E-state index contributed by atoms with van der Waals surface area (Å²) in [6.45, 7) is 0. The highest BCUT2D eigenvalue weighted by Gasteiger charge is 2.20. The molecule has 4 N–H and O–H groups in total. The van der Waals surface area contributed by atoms with Gasteiger partial charge in [-0.05, 0) is 0 Å². The Bertz CT molecular complexity index is 191. The van der Waals surface area contributed by atoms with E-state index in [1.807, 2.05) is 0 Å². The predicted octanol–water partition coefficient (Wildman–Crippen LogP) is -2.32. The van der Waals surface area contributed by atoms with E-state index in [1.54, 1.807) is 0 Å². The normalized spacial score (nSPS) is 15.3. The molecule has 56 valence electrons. The van der Waals surface area contributed by atoms with Crippen LogP contribution in [0.4, 0.5) is 0 Å². The summed E-state index contributed by atoms with van der Waals surface area (Å²) in [5, 5.41) is 0. The summed E-state index contributed by atoms with van der Waals surface area (Å²) in [6.07, 6.45) is 0. The molecule has 0 heterocycles. The predicted molar refractivity (Wildman–Crippen MR) is 27.6 cm³/mol. The molecule has 0 saturated heterocycles. The Morgan fingerprint density at radius 1 is 1.33 bits per heavy atom. The molecule has 1 atom stereocenters. The monoisotopic (exact) mass is 176 g/mol. The van der Waals surface area contributed by atoms with Crippen molar-refractivity contribution in [1.82, 2.24) is 0 Å². The van der Waals surface area contributed by atoms with E-state index in [0.29, 0.717) is 0 Å². The molecule has 0 aromatic carbocycles. The zero-order valence-electron chi connectivity index (χ0n) is 4.01. The van der Waals surface area contributed by atoms with Crippen LogP contribution in [-0.2, 0) is 27.8 Å². The molecule has 9 heavy (non-hydrogen) atoms. The zero-order chi connectivity index (χ0) is 7.49. The van der Waals surface area contributed by atoms with Gasteiger partial charge in [0.2, 0.25) is 0 Å². The van der Waals surface area contributed by atoms with E-state index in [4.69, 9.17) is 0 Å². The van der Waals surface area contributed by atoms with E-state index in [2.05, 4.69) is 20.4 Å². The van der Waals surface area contributed by atoms with Gasteiger partial charge in [0.05, 0.1) is 0 Å². The lowest BCUT2D eigenvalue weighted by Gasteiger charge is -1.93. The fourth-order valence-electron chi connectivity index (χ4n) is 0.0802. The Balaban J connectivity index is 4.37. The molecule has 0 aromatic heterocycles. The lowest BCUT2D eigenvalue weighted by molar-refractivity contribution is 0.330. The molecule has 0 rings (SSSR count). The Hall–Kier alpha value is -0.0600. The molecular formula is H4N2O5S2. The molecule has 0 aliphatic carbocycles. The second kappa shape index (κ2) is 3.20. The van der Waals surface area contributed by atoms with E-state index < -0.39 is 19.3 Å². The van der Waals surface area contributed by atoms with Crippen LogP contribution in [0.15, 0.2) is 0 Å². The molecule has 0 spiro atoms. The summed E-state index contributed by atoms with van der Waals surface area (Å²) in [4.78, 5) is 0. The van der Waals surface area contributed by atoms with Gasteiger partial charge in [-0.1, -0.05) is 0 Å². The number of nitrogens with two attached hydrogens (primary N) is 2. The van der Waals surface area contributed by atoms with Crippen LogP contribution in [-0.4, -0.2) is 12.6 Å². The average molecular weight is 176 g/mol. The Kier molecular flexibility index (Phi) is 3.17. The van der Waals surface area contributed by atoms with Crippen LogP contribution in [0.2, 0.25) is 0 Å². The SMILES string of the molecule is NOS(=O)S(=O)(=O)ON. The molecule has 9 heteroatoms. The highest BCUT2D eigenvalue weighted by Crippen LogP contribution is 1.94. The van der Waals surface area contributed by atoms with Gasteiger partial charge in [-0.15, -0.1) is 0 Å². The topological polar surface area (TPSA) is 122 Å². The maximum atomic E-state index is 10.1. The first-order valence-corrected chi connectivity index (χ1v) is 4.47. The summed E-state index contributed by atoms with van der Waals surface area (Å²) >= 11 is 0. The summed E-state index contributed by atoms with van der Waals surface area (Å²) in [5.41, 5.74) is 0. The minimum atomic E-state index is -4.35. The molecule has 0 aliphatic heterocycles. The van der Waals surface area contributed by atoms with Gasteiger partial charge in [0.1, 0.15) is 0 Å². The summed E-state index contributed by atoms with van der Waals surface area (Å²) in [5.74, 6) is 8.39. The molecule has 0 amide bonds. The van der Waals surface area contributed by atoms with Gasteiger partial charge in [0.25, 0.3) is 0 Å². The van der Waals surface area contributed by atoms with Crippen molar-refractivity contribution in [1.29, 1.82) is 0 Å². The Morgan fingerprint density at radius 2 is 1.78 bits per heavy atom. The van der Waals surface area contributed by atoms with Crippen molar-refractivity contribution in [2.24, 2.45) is 11.8 Å². The zero-order valence-corrected chi connectivity index (χ0v) is 5.65.